The Morgan fingerprint density at radius 1 is 1.33 bits per heavy atom. The molecule has 110 valence electrons. The maximum Gasteiger partial charge on any atom is 0.255 e. The first-order valence-electron chi connectivity index (χ1n) is 7.73. The zero-order valence-corrected chi connectivity index (χ0v) is 12.5. The molecule has 0 unspecified atom stereocenters. The first-order valence-corrected chi connectivity index (χ1v) is 7.73. The third kappa shape index (κ3) is 2.41. The highest BCUT2D eigenvalue weighted by molar-refractivity contribution is 6.02. The van der Waals surface area contributed by atoms with E-state index >= 15 is 0 Å². The summed E-state index contributed by atoms with van der Waals surface area (Å²) in [6, 6.07) is 5.63. The van der Waals surface area contributed by atoms with Gasteiger partial charge in [-0.15, -0.1) is 0 Å². The van der Waals surface area contributed by atoms with E-state index in [2.05, 4.69) is 19.6 Å². The Bertz CT molecular complexity index is 618. The number of amides is 1. The Hall–Kier alpha value is -1.90. The van der Waals surface area contributed by atoms with Crippen molar-refractivity contribution in [2.75, 3.05) is 0 Å². The van der Waals surface area contributed by atoms with Crippen LogP contribution in [-0.4, -0.2) is 22.6 Å². The number of hydrogen-bond donors (Lipinski definition) is 0. The number of Topliss-reactive ketones (excluding diaryl/α,β-unsaturated/α-hetero) is 1. The Morgan fingerprint density at radius 2 is 2.14 bits per heavy atom. The Kier molecular flexibility index (Phi) is 3.66. The molecule has 3 rings (SSSR count). The predicted molar refractivity (Wildman–Crippen MR) is 82.1 cm³/mol. The van der Waals surface area contributed by atoms with Crippen molar-refractivity contribution in [1.82, 2.24) is 4.90 Å². The minimum Gasteiger partial charge on any atom is -0.324 e. The van der Waals surface area contributed by atoms with Gasteiger partial charge < -0.3 is 4.90 Å². The van der Waals surface area contributed by atoms with Crippen LogP contribution in [-0.2, 0) is 17.8 Å². The lowest BCUT2D eigenvalue weighted by atomic mass is 10.0. The SMILES string of the molecule is C=C1CCC[C@H](N2Cc3c(CC)cccc3C2=O)C(=O)C1. The van der Waals surface area contributed by atoms with Crippen LogP contribution >= 0.6 is 0 Å². The molecule has 1 aromatic rings. The second kappa shape index (κ2) is 5.47. The highest BCUT2D eigenvalue weighted by atomic mass is 16.2. The summed E-state index contributed by atoms with van der Waals surface area (Å²) < 4.78 is 0. The summed E-state index contributed by atoms with van der Waals surface area (Å²) in [4.78, 5) is 26.8. The molecule has 21 heavy (non-hydrogen) atoms. The fraction of sp³-hybridized carbons (Fsp3) is 0.444. The van der Waals surface area contributed by atoms with Gasteiger partial charge in [-0.05, 0) is 42.9 Å². The van der Waals surface area contributed by atoms with Crippen molar-refractivity contribution in [3.63, 3.8) is 0 Å². The highest BCUT2D eigenvalue weighted by Gasteiger charge is 2.37. The van der Waals surface area contributed by atoms with Gasteiger partial charge in [0.15, 0.2) is 5.78 Å². The Morgan fingerprint density at radius 3 is 2.90 bits per heavy atom. The number of carbonyl (C=O) groups excluding carboxylic acids is 2. The molecule has 1 amide bonds. The fourth-order valence-corrected chi connectivity index (χ4v) is 3.49. The van der Waals surface area contributed by atoms with E-state index in [0.29, 0.717) is 13.0 Å². The standard InChI is InChI=1S/C18H21NO2/c1-3-13-7-5-8-14-15(13)11-19(18(14)21)16-9-4-6-12(2)10-17(16)20/h5,7-8,16H,2-4,6,9-11H2,1H3/t16-/m0/s1. The van der Waals surface area contributed by atoms with Gasteiger partial charge in [-0.25, -0.2) is 0 Å². The van der Waals surface area contributed by atoms with Crippen LogP contribution in [0.3, 0.4) is 0 Å². The second-order valence-electron chi connectivity index (χ2n) is 6.03. The van der Waals surface area contributed by atoms with Crippen molar-refractivity contribution in [2.24, 2.45) is 0 Å². The lowest BCUT2D eigenvalue weighted by Gasteiger charge is -2.25. The molecule has 1 aromatic carbocycles. The minimum atomic E-state index is -0.270. The molecule has 3 heteroatoms. The van der Waals surface area contributed by atoms with Gasteiger partial charge in [0.2, 0.25) is 0 Å². The molecule has 1 saturated carbocycles. The lowest BCUT2D eigenvalue weighted by molar-refractivity contribution is -0.122. The van der Waals surface area contributed by atoms with Crippen LogP contribution in [0, 0.1) is 0 Å². The van der Waals surface area contributed by atoms with Crippen LogP contribution in [0.2, 0.25) is 0 Å². The van der Waals surface area contributed by atoms with E-state index < -0.39 is 0 Å². The molecule has 0 bridgehead atoms. The number of hydrogen-bond acceptors (Lipinski definition) is 2. The Balaban J connectivity index is 1.90. The average molecular weight is 283 g/mol. The molecule has 1 aliphatic carbocycles. The molecule has 0 spiro atoms. The van der Waals surface area contributed by atoms with Gasteiger partial charge in [0, 0.05) is 18.5 Å². The number of aryl methyl sites for hydroxylation is 1. The van der Waals surface area contributed by atoms with Crippen molar-refractivity contribution in [1.29, 1.82) is 0 Å². The summed E-state index contributed by atoms with van der Waals surface area (Å²) in [5.74, 6) is 0.169. The number of carbonyl (C=O) groups is 2. The third-order valence-electron chi connectivity index (χ3n) is 4.65. The largest absolute Gasteiger partial charge is 0.324 e. The maximum absolute atomic E-state index is 12.7. The van der Waals surface area contributed by atoms with Gasteiger partial charge in [0.05, 0.1) is 6.04 Å². The van der Waals surface area contributed by atoms with E-state index in [1.54, 1.807) is 4.90 Å². The first kappa shape index (κ1) is 14.1. The van der Waals surface area contributed by atoms with Crippen molar-refractivity contribution >= 4 is 11.7 Å². The first-order chi connectivity index (χ1) is 10.1. The molecule has 1 fully saturated rings. The highest BCUT2D eigenvalue weighted by Crippen LogP contribution is 2.31. The quantitative estimate of drug-likeness (QED) is 0.617. The van der Waals surface area contributed by atoms with E-state index in [0.717, 1.165) is 42.4 Å². The Labute approximate surface area is 125 Å². The topological polar surface area (TPSA) is 37.4 Å². The van der Waals surface area contributed by atoms with Crippen molar-refractivity contribution in [2.45, 2.75) is 51.6 Å². The van der Waals surface area contributed by atoms with Crippen LogP contribution in [0.15, 0.2) is 30.4 Å². The van der Waals surface area contributed by atoms with Crippen molar-refractivity contribution in [3.05, 3.63) is 47.0 Å². The summed E-state index contributed by atoms with van der Waals surface area (Å²) >= 11 is 0. The van der Waals surface area contributed by atoms with Gasteiger partial charge in [-0.1, -0.05) is 31.2 Å². The average Bonchev–Trinajstić information content (AvgIpc) is 2.70. The van der Waals surface area contributed by atoms with Crippen molar-refractivity contribution < 1.29 is 9.59 Å². The fourth-order valence-electron chi connectivity index (χ4n) is 3.49. The minimum absolute atomic E-state index is 0.0196. The van der Waals surface area contributed by atoms with Crippen molar-refractivity contribution in [3.8, 4) is 0 Å². The molecule has 0 saturated heterocycles. The molecule has 1 aliphatic heterocycles. The number of ketones is 1. The zero-order chi connectivity index (χ0) is 15.0. The zero-order valence-electron chi connectivity index (χ0n) is 12.5. The smallest absolute Gasteiger partial charge is 0.255 e. The monoisotopic (exact) mass is 283 g/mol. The molecular formula is C18H21NO2. The predicted octanol–water partition coefficient (Wildman–Crippen LogP) is 3.27. The lowest BCUT2D eigenvalue weighted by Crippen LogP contribution is -2.40. The molecule has 1 heterocycles. The maximum atomic E-state index is 12.7. The van der Waals surface area contributed by atoms with E-state index in [1.165, 1.54) is 5.56 Å². The third-order valence-corrected chi connectivity index (χ3v) is 4.65. The number of rotatable bonds is 2. The van der Waals surface area contributed by atoms with E-state index in [4.69, 9.17) is 0 Å². The summed E-state index contributed by atoms with van der Waals surface area (Å²) in [7, 11) is 0. The number of allylic oxidation sites excluding steroid dienone is 1. The van der Waals surface area contributed by atoms with Crippen LogP contribution < -0.4 is 0 Å². The van der Waals surface area contributed by atoms with Crippen LogP contribution in [0.5, 0.6) is 0 Å². The van der Waals surface area contributed by atoms with Gasteiger partial charge >= 0.3 is 0 Å². The molecule has 0 radical (unpaired) electrons. The van der Waals surface area contributed by atoms with E-state index in [-0.39, 0.29) is 17.7 Å². The number of fused-ring (bicyclic) bond motifs is 1. The summed E-state index contributed by atoms with van der Waals surface area (Å²) in [5.41, 5.74) is 4.11. The number of benzene rings is 1. The molecule has 2 aliphatic rings. The normalized spacial score (nSPS) is 22.4. The molecular weight excluding hydrogens is 262 g/mol. The van der Waals surface area contributed by atoms with Gasteiger partial charge in [0.25, 0.3) is 5.91 Å². The van der Waals surface area contributed by atoms with E-state index in [1.807, 2.05) is 12.1 Å². The summed E-state index contributed by atoms with van der Waals surface area (Å²) in [6.07, 6.45) is 3.94. The molecule has 1 atom stereocenters. The molecule has 3 nitrogen and oxygen atoms in total. The molecule has 0 N–H and O–H groups in total. The summed E-state index contributed by atoms with van der Waals surface area (Å²) in [5, 5.41) is 0. The van der Waals surface area contributed by atoms with E-state index in [9.17, 15) is 9.59 Å². The van der Waals surface area contributed by atoms with Crippen LogP contribution in [0.4, 0.5) is 0 Å². The summed E-state index contributed by atoms with van der Waals surface area (Å²) in [6.45, 7) is 6.63. The molecule has 0 aromatic heterocycles. The second-order valence-corrected chi connectivity index (χ2v) is 6.03. The van der Waals surface area contributed by atoms with Gasteiger partial charge in [0.1, 0.15) is 0 Å². The number of nitrogens with zero attached hydrogens (tertiary/aromatic N) is 1. The van der Waals surface area contributed by atoms with Crippen LogP contribution in [0.25, 0.3) is 0 Å². The van der Waals surface area contributed by atoms with Gasteiger partial charge in [-0.2, -0.15) is 0 Å². The van der Waals surface area contributed by atoms with Crippen LogP contribution in [0.1, 0.15) is 54.1 Å². The van der Waals surface area contributed by atoms with Gasteiger partial charge in [-0.3, -0.25) is 9.59 Å².